The van der Waals surface area contributed by atoms with Gasteiger partial charge in [0, 0.05) is 11.9 Å². The Morgan fingerprint density at radius 2 is 1.66 bits per heavy atom. The normalized spacial score (nSPS) is 19.2. The van der Waals surface area contributed by atoms with Crippen molar-refractivity contribution < 1.29 is 9.90 Å². The van der Waals surface area contributed by atoms with Crippen LogP contribution in [0.5, 0.6) is 5.75 Å². The fourth-order valence-corrected chi connectivity index (χ4v) is 5.96. The van der Waals surface area contributed by atoms with Gasteiger partial charge in [0.2, 0.25) is 0 Å². The quantitative estimate of drug-likeness (QED) is 0.463. The molecule has 2 aliphatic heterocycles. The smallest absolute Gasteiger partial charge is 0.274 e. The molecular weight excluding hydrogens is 438 g/mol. The summed E-state index contributed by atoms with van der Waals surface area (Å²) in [6.07, 6.45) is 0. The summed E-state index contributed by atoms with van der Waals surface area (Å²) in [5.74, 6) is 0.0336. The third kappa shape index (κ3) is 3.57. The fourth-order valence-electron chi connectivity index (χ4n) is 3.61. The molecule has 0 atom stereocenters. The molecule has 0 unspecified atom stereocenters. The van der Waals surface area contributed by atoms with E-state index in [1.54, 1.807) is 40.9 Å². The first-order valence-corrected chi connectivity index (χ1v) is 11.8. The summed E-state index contributed by atoms with van der Waals surface area (Å²) < 4.78 is 0. The van der Waals surface area contributed by atoms with Gasteiger partial charge in [0.1, 0.15) is 10.7 Å². The number of hydrogen-bond acceptors (Lipinski definition) is 6. The van der Waals surface area contributed by atoms with Gasteiger partial charge in [-0.15, -0.1) is 0 Å². The maximum absolute atomic E-state index is 13.7. The zero-order chi connectivity index (χ0) is 22.4. The number of benzene rings is 3. The second-order valence-electron chi connectivity index (χ2n) is 7.69. The Labute approximate surface area is 195 Å². The molecule has 0 aromatic heterocycles. The van der Waals surface area contributed by atoms with Gasteiger partial charge in [-0.1, -0.05) is 30.0 Å². The van der Waals surface area contributed by atoms with E-state index < -0.39 is 0 Å². The number of rotatable bonds is 2. The Morgan fingerprint density at radius 3 is 2.38 bits per heavy atom. The maximum atomic E-state index is 13.7. The Hall–Kier alpha value is -3.16. The molecule has 1 N–H and O–H groups in total. The number of fused-ring (bicyclic) bond motifs is 1. The molecule has 160 valence electrons. The van der Waals surface area contributed by atoms with E-state index in [2.05, 4.69) is 30.9 Å². The number of aryl methyl sites for hydroxylation is 2. The van der Waals surface area contributed by atoms with Gasteiger partial charge < -0.3 is 10.0 Å². The second kappa shape index (κ2) is 8.07. The molecule has 0 radical (unpaired) electrons. The van der Waals surface area contributed by atoms with Crippen molar-refractivity contribution in [3.63, 3.8) is 0 Å². The van der Waals surface area contributed by atoms with Crippen LogP contribution in [0.2, 0.25) is 0 Å². The standard InChI is InChI=1S/C25H21N3O2S2/c1-15-8-9-17(14-16(15)2)26-25-28(18-10-12-19(29)13-11-18)23(30)22(32-25)24-27(3)20-6-4-5-7-21(20)31-24/h4-14,29H,1-3H3/b24-22-,26-25?. The largest absolute Gasteiger partial charge is 0.508 e. The van der Waals surface area contributed by atoms with Gasteiger partial charge in [-0.25, -0.2) is 4.99 Å². The molecule has 0 spiro atoms. The first kappa shape index (κ1) is 20.7. The minimum absolute atomic E-state index is 0.120. The SMILES string of the molecule is Cc1ccc(N=C2S/C(=C3\Sc4ccccc4N3C)C(=O)N2c2ccc(O)cc2)cc1C. The minimum atomic E-state index is -0.120. The number of hydrogen-bond donors (Lipinski definition) is 1. The van der Waals surface area contributed by atoms with Crippen molar-refractivity contribution in [3.05, 3.63) is 87.8 Å². The van der Waals surface area contributed by atoms with Gasteiger partial charge >= 0.3 is 0 Å². The molecule has 5 nitrogen and oxygen atoms in total. The van der Waals surface area contributed by atoms with Crippen LogP contribution < -0.4 is 9.80 Å². The van der Waals surface area contributed by atoms with Gasteiger partial charge in [0.15, 0.2) is 5.17 Å². The summed E-state index contributed by atoms with van der Waals surface area (Å²) in [6, 6.07) is 20.8. The van der Waals surface area contributed by atoms with Crippen LogP contribution in [0.1, 0.15) is 11.1 Å². The summed E-state index contributed by atoms with van der Waals surface area (Å²) in [5.41, 5.74) is 4.90. The highest BCUT2D eigenvalue weighted by Gasteiger charge is 2.40. The number of amides is 1. The predicted octanol–water partition coefficient (Wildman–Crippen LogP) is 6.19. The number of para-hydroxylation sites is 1. The van der Waals surface area contributed by atoms with Crippen LogP contribution in [0.25, 0.3) is 0 Å². The van der Waals surface area contributed by atoms with Gasteiger partial charge in [-0.05, 0) is 85.3 Å². The number of phenolic OH excluding ortho intramolecular Hbond substituents is 1. The molecule has 2 heterocycles. The topological polar surface area (TPSA) is 56.1 Å². The molecular formula is C25H21N3O2S2. The van der Waals surface area contributed by atoms with Crippen LogP contribution in [-0.2, 0) is 4.79 Å². The predicted molar refractivity (Wildman–Crippen MR) is 134 cm³/mol. The van der Waals surface area contributed by atoms with Crippen molar-refractivity contribution in [2.45, 2.75) is 18.7 Å². The van der Waals surface area contributed by atoms with Crippen LogP contribution >= 0.6 is 23.5 Å². The van der Waals surface area contributed by atoms with E-state index >= 15 is 0 Å². The summed E-state index contributed by atoms with van der Waals surface area (Å²) in [7, 11) is 1.98. The summed E-state index contributed by atoms with van der Waals surface area (Å²) in [5, 5.41) is 11.2. The molecule has 1 amide bonds. The molecule has 3 aromatic rings. The van der Waals surface area contributed by atoms with Crippen molar-refractivity contribution in [2.75, 3.05) is 16.8 Å². The zero-order valence-corrected chi connectivity index (χ0v) is 19.5. The molecule has 1 saturated heterocycles. The van der Waals surface area contributed by atoms with Crippen molar-refractivity contribution in [3.8, 4) is 5.75 Å². The highest BCUT2D eigenvalue weighted by atomic mass is 32.2. The van der Waals surface area contributed by atoms with Crippen LogP contribution in [0.4, 0.5) is 17.1 Å². The lowest BCUT2D eigenvalue weighted by Crippen LogP contribution is -2.29. The van der Waals surface area contributed by atoms with Gasteiger partial charge in [-0.3, -0.25) is 9.69 Å². The average molecular weight is 460 g/mol. The Morgan fingerprint density at radius 1 is 0.906 bits per heavy atom. The number of carbonyl (C=O) groups is 1. The maximum Gasteiger partial charge on any atom is 0.274 e. The monoisotopic (exact) mass is 459 g/mol. The highest BCUT2D eigenvalue weighted by Crippen LogP contribution is 2.50. The second-order valence-corrected chi connectivity index (χ2v) is 9.69. The lowest BCUT2D eigenvalue weighted by atomic mass is 10.1. The fraction of sp³-hybridized carbons (Fsp3) is 0.120. The first-order chi connectivity index (χ1) is 15.4. The van der Waals surface area contributed by atoms with Gasteiger partial charge in [-0.2, -0.15) is 0 Å². The van der Waals surface area contributed by atoms with Crippen LogP contribution in [0.15, 0.2) is 86.6 Å². The molecule has 2 aliphatic rings. The van der Waals surface area contributed by atoms with Gasteiger partial charge in [0.05, 0.1) is 22.1 Å². The number of aromatic hydroxyl groups is 1. The molecule has 1 fully saturated rings. The van der Waals surface area contributed by atoms with Crippen molar-refractivity contribution in [1.82, 2.24) is 0 Å². The number of nitrogens with zero attached hydrogens (tertiary/aromatic N) is 3. The number of thioether (sulfide) groups is 2. The lowest BCUT2D eigenvalue weighted by molar-refractivity contribution is -0.113. The number of phenols is 1. The van der Waals surface area contributed by atoms with E-state index in [0.717, 1.165) is 26.9 Å². The van der Waals surface area contributed by atoms with Crippen LogP contribution in [-0.4, -0.2) is 23.2 Å². The van der Waals surface area contributed by atoms with E-state index in [-0.39, 0.29) is 11.7 Å². The number of anilines is 2. The number of aliphatic imine (C=N–C) groups is 1. The summed E-state index contributed by atoms with van der Waals surface area (Å²) in [4.78, 5) is 24.0. The van der Waals surface area contributed by atoms with E-state index in [4.69, 9.17) is 4.99 Å². The first-order valence-electron chi connectivity index (χ1n) is 10.1. The lowest BCUT2D eigenvalue weighted by Gasteiger charge is -2.17. The Kier molecular flexibility index (Phi) is 5.23. The molecule has 0 bridgehead atoms. The van der Waals surface area contributed by atoms with E-state index in [9.17, 15) is 9.90 Å². The van der Waals surface area contributed by atoms with Gasteiger partial charge in [0.25, 0.3) is 5.91 Å². The van der Waals surface area contributed by atoms with E-state index in [0.29, 0.717) is 15.8 Å². The highest BCUT2D eigenvalue weighted by molar-refractivity contribution is 8.20. The summed E-state index contributed by atoms with van der Waals surface area (Å²) in [6.45, 7) is 4.12. The van der Waals surface area contributed by atoms with Crippen molar-refractivity contribution in [1.29, 1.82) is 0 Å². The molecule has 5 rings (SSSR count). The third-order valence-corrected chi connectivity index (χ3v) is 7.93. The third-order valence-electron chi connectivity index (χ3n) is 5.54. The van der Waals surface area contributed by atoms with Crippen molar-refractivity contribution in [2.24, 2.45) is 4.99 Å². The number of amidine groups is 1. The Bertz CT molecular complexity index is 1300. The average Bonchev–Trinajstić information content (AvgIpc) is 3.28. The Balaban J connectivity index is 1.62. The molecule has 0 aliphatic carbocycles. The molecule has 7 heteroatoms. The van der Waals surface area contributed by atoms with E-state index in [1.807, 2.05) is 37.4 Å². The summed E-state index contributed by atoms with van der Waals surface area (Å²) >= 11 is 2.98. The minimum Gasteiger partial charge on any atom is -0.508 e. The zero-order valence-electron chi connectivity index (χ0n) is 17.9. The van der Waals surface area contributed by atoms with Crippen molar-refractivity contribution >= 4 is 51.7 Å². The molecule has 0 saturated carbocycles. The van der Waals surface area contributed by atoms with E-state index in [1.165, 1.54) is 17.3 Å². The molecule has 32 heavy (non-hydrogen) atoms. The number of carbonyl (C=O) groups excluding carboxylic acids is 1. The van der Waals surface area contributed by atoms with Crippen LogP contribution in [0, 0.1) is 13.8 Å². The van der Waals surface area contributed by atoms with Crippen LogP contribution in [0.3, 0.4) is 0 Å². The molecule has 3 aromatic carbocycles.